The lowest BCUT2D eigenvalue weighted by molar-refractivity contribution is -0.120. The standard InChI is InChI=1S/C25H28N2O3S/c1-18-15-19(2)25(20(3)16-18)27(31(4,29)30)17-23(28)26-24(21-11-7-5-8-12-21)22-13-9-6-10-14-22/h5-16,24H,17H2,1-4H3,(H,26,28). The zero-order valence-electron chi connectivity index (χ0n) is 18.3. The molecule has 0 spiro atoms. The van der Waals surface area contributed by atoms with Crippen molar-refractivity contribution in [2.75, 3.05) is 17.1 Å². The van der Waals surface area contributed by atoms with E-state index in [0.717, 1.165) is 34.1 Å². The van der Waals surface area contributed by atoms with Gasteiger partial charge in [0, 0.05) is 0 Å². The summed E-state index contributed by atoms with van der Waals surface area (Å²) in [7, 11) is -3.66. The summed E-state index contributed by atoms with van der Waals surface area (Å²) in [6, 6.07) is 22.8. The zero-order chi connectivity index (χ0) is 22.6. The van der Waals surface area contributed by atoms with Crippen LogP contribution in [0.5, 0.6) is 0 Å². The number of hydrogen-bond donors (Lipinski definition) is 1. The van der Waals surface area contributed by atoms with Gasteiger partial charge in [0.1, 0.15) is 6.54 Å². The van der Waals surface area contributed by atoms with E-state index in [9.17, 15) is 13.2 Å². The summed E-state index contributed by atoms with van der Waals surface area (Å²) in [5.74, 6) is -0.373. The number of rotatable bonds is 7. The molecule has 3 aromatic rings. The Morgan fingerprint density at radius 3 is 1.74 bits per heavy atom. The quantitative estimate of drug-likeness (QED) is 0.601. The Morgan fingerprint density at radius 1 is 0.871 bits per heavy atom. The van der Waals surface area contributed by atoms with Crippen LogP contribution in [0.1, 0.15) is 33.9 Å². The molecule has 5 nitrogen and oxygen atoms in total. The molecule has 0 radical (unpaired) electrons. The average molecular weight is 437 g/mol. The van der Waals surface area contributed by atoms with E-state index in [2.05, 4.69) is 5.32 Å². The smallest absolute Gasteiger partial charge is 0.241 e. The first-order valence-electron chi connectivity index (χ1n) is 10.1. The van der Waals surface area contributed by atoms with Gasteiger partial charge in [0.2, 0.25) is 15.9 Å². The van der Waals surface area contributed by atoms with Gasteiger partial charge in [0.15, 0.2) is 0 Å². The Bertz CT molecular complexity index is 1100. The van der Waals surface area contributed by atoms with Crippen molar-refractivity contribution in [1.29, 1.82) is 0 Å². The minimum atomic E-state index is -3.66. The van der Waals surface area contributed by atoms with E-state index < -0.39 is 10.0 Å². The predicted molar refractivity (Wildman–Crippen MR) is 126 cm³/mol. The Kier molecular flexibility index (Phi) is 6.81. The molecule has 0 aliphatic carbocycles. The van der Waals surface area contributed by atoms with E-state index in [1.54, 1.807) is 0 Å². The monoisotopic (exact) mass is 436 g/mol. The molecule has 0 aliphatic rings. The molecule has 1 amide bonds. The zero-order valence-corrected chi connectivity index (χ0v) is 19.1. The second-order valence-corrected chi connectivity index (χ2v) is 9.75. The maximum Gasteiger partial charge on any atom is 0.241 e. The number of hydrogen-bond acceptors (Lipinski definition) is 3. The fraction of sp³-hybridized carbons (Fsp3) is 0.240. The maximum absolute atomic E-state index is 13.1. The van der Waals surface area contributed by atoms with Crippen LogP contribution in [-0.2, 0) is 14.8 Å². The molecule has 0 fully saturated rings. The minimum absolute atomic E-state index is 0.292. The molecule has 0 aromatic heterocycles. The van der Waals surface area contributed by atoms with Crippen LogP contribution < -0.4 is 9.62 Å². The van der Waals surface area contributed by atoms with Crippen LogP contribution in [0.4, 0.5) is 5.69 Å². The summed E-state index contributed by atoms with van der Waals surface area (Å²) in [6.45, 7) is 5.40. The minimum Gasteiger partial charge on any atom is -0.344 e. The number of carbonyl (C=O) groups excluding carboxylic acids is 1. The molecule has 0 saturated heterocycles. The van der Waals surface area contributed by atoms with Crippen molar-refractivity contribution in [3.63, 3.8) is 0 Å². The largest absolute Gasteiger partial charge is 0.344 e. The van der Waals surface area contributed by atoms with Crippen molar-refractivity contribution < 1.29 is 13.2 Å². The molecular weight excluding hydrogens is 408 g/mol. The van der Waals surface area contributed by atoms with Gasteiger partial charge in [-0.3, -0.25) is 9.10 Å². The first kappa shape index (κ1) is 22.6. The molecule has 6 heteroatoms. The van der Waals surface area contributed by atoms with E-state index in [4.69, 9.17) is 0 Å². The van der Waals surface area contributed by atoms with Crippen molar-refractivity contribution >= 4 is 21.6 Å². The van der Waals surface area contributed by atoms with E-state index in [-0.39, 0.29) is 18.5 Å². The maximum atomic E-state index is 13.1. The third-order valence-corrected chi connectivity index (χ3v) is 6.26. The summed E-state index contributed by atoms with van der Waals surface area (Å²) in [5, 5.41) is 3.03. The van der Waals surface area contributed by atoms with Crippen LogP contribution in [-0.4, -0.2) is 27.1 Å². The molecule has 1 N–H and O–H groups in total. The first-order chi connectivity index (χ1) is 14.7. The van der Waals surface area contributed by atoms with Crippen LogP contribution in [0.3, 0.4) is 0 Å². The molecule has 0 atom stereocenters. The highest BCUT2D eigenvalue weighted by molar-refractivity contribution is 7.92. The van der Waals surface area contributed by atoms with Crippen molar-refractivity contribution in [3.05, 3.63) is 101 Å². The number of anilines is 1. The highest BCUT2D eigenvalue weighted by atomic mass is 32.2. The van der Waals surface area contributed by atoms with Gasteiger partial charge in [0.05, 0.1) is 18.0 Å². The average Bonchev–Trinajstić information content (AvgIpc) is 2.71. The van der Waals surface area contributed by atoms with Crippen molar-refractivity contribution in [3.8, 4) is 0 Å². The normalized spacial score (nSPS) is 11.4. The number of amides is 1. The number of nitrogens with one attached hydrogen (secondary N) is 1. The lowest BCUT2D eigenvalue weighted by Gasteiger charge is -2.27. The molecular formula is C25H28N2O3S. The Morgan fingerprint density at radius 2 is 1.32 bits per heavy atom. The van der Waals surface area contributed by atoms with Crippen LogP contribution in [0.15, 0.2) is 72.8 Å². The van der Waals surface area contributed by atoms with Gasteiger partial charge in [-0.15, -0.1) is 0 Å². The molecule has 3 aromatic carbocycles. The van der Waals surface area contributed by atoms with Crippen molar-refractivity contribution in [2.45, 2.75) is 26.8 Å². The van der Waals surface area contributed by atoms with Crippen LogP contribution in [0.25, 0.3) is 0 Å². The molecule has 31 heavy (non-hydrogen) atoms. The molecule has 0 unspecified atom stereocenters. The van der Waals surface area contributed by atoms with Gasteiger partial charge >= 0.3 is 0 Å². The van der Waals surface area contributed by atoms with E-state index in [1.165, 1.54) is 4.31 Å². The number of sulfonamides is 1. The van der Waals surface area contributed by atoms with Crippen LogP contribution in [0, 0.1) is 20.8 Å². The van der Waals surface area contributed by atoms with E-state index in [1.807, 2.05) is 93.6 Å². The third kappa shape index (κ3) is 5.52. The van der Waals surface area contributed by atoms with Gasteiger partial charge in [-0.1, -0.05) is 78.4 Å². The van der Waals surface area contributed by atoms with Crippen molar-refractivity contribution in [1.82, 2.24) is 5.32 Å². The van der Waals surface area contributed by atoms with Gasteiger partial charge in [-0.05, 0) is 43.0 Å². The molecule has 3 rings (SSSR count). The second kappa shape index (κ2) is 9.35. The van der Waals surface area contributed by atoms with Crippen LogP contribution in [0.2, 0.25) is 0 Å². The number of benzene rings is 3. The summed E-state index contributed by atoms with van der Waals surface area (Å²) in [5.41, 5.74) is 5.09. The fourth-order valence-corrected chi connectivity index (χ4v) is 4.89. The molecule has 162 valence electrons. The number of carbonyl (C=O) groups is 1. The second-order valence-electron chi connectivity index (χ2n) is 7.84. The molecule has 0 aliphatic heterocycles. The SMILES string of the molecule is Cc1cc(C)c(N(CC(=O)NC(c2ccccc2)c2ccccc2)S(C)(=O)=O)c(C)c1. The predicted octanol–water partition coefficient (Wildman–Crippen LogP) is 4.28. The highest BCUT2D eigenvalue weighted by Crippen LogP contribution is 2.28. The van der Waals surface area contributed by atoms with Gasteiger partial charge in [0.25, 0.3) is 0 Å². The summed E-state index contributed by atoms with van der Waals surface area (Å²) in [6.07, 6.45) is 1.13. The Hall–Kier alpha value is -3.12. The summed E-state index contributed by atoms with van der Waals surface area (Å²) in [4.78, 5) is 13.1. The number of nitrogens with zero attached hydrogens (tertiary/aromatic N) is 1. The highest BCUT2D eigenvalue weighted by Gasteiger charge is 2.26. The molecule has 0 heterocycles. The van der Waals surface area contributed by atoms with Gasteiger partial charge < -0.3 is 5.32 Å². The lowest BCUT2D eigenvalue weighted by atomic mass is 9.98. The molecule has 0 saturated carbocycles. The summed E-state index contributed by atoms with van der Waals surface area (Å²) >= 11 is 0. The van der Waals surface area contributed by atoms with Gasteiger partial charge in [-0.25, -0.2) is 8.42 Å². The number of aryl methyl sites for hydroxylation is 3. The van der Waals surface area contributed by atoms with Crippen molar-refractivity contribution in [2.24, 2.45) is 0 Å². The fourth-order valence-electron chi connectivity index (χ4n) is 3.92. The third-order valence-electron chi connectivity index (χ3n) is 5.14. The summed E-state index contributed by atoms with van der Waals surface area (Å²) < 4.78 is 26.5. The van der Waals surface area contributed by atoms with E-state index in [0.29, 0.717) is 5.69 Å². The van der Waals surface area contributed by atoms with Gasteiger partial charge in [-0.2, -0.15) is 0 Å². The Labute approximate surface area is 184 Å². The van der Waals surface area contributed by atoms with E-state index >= 15 is 0 Å². The van der Waals surface area contributed by atoms with Crippen LogP contribution >= 0.6 is 0 Å². The lowest BCUT2D eigenvalue weighted by Crippen LogP contribution is -2.42. The Balaban J connectivity index is 1.93. The molecule has 0 bridgehead atoms. The first-order valence-corrected chi connectivity index (χ1v) is 12.0. The topological polar surface area (TPSA) is 66.5 Å².